The zero-order valence-corrected chi connectivity index (χ0v) is 15.6. The highest BCUT2D eigenvalue weighted by molar-refractivity contribution is 5.95. The first-order valence-corrected chi connectivity index (χ1v) is 9.49. The summed E-state index contributed by atoms with van der Waals surface area (Å²) in [6, 6.07) is 19.8. The molecule has 4 aromatic rings. The molecule has 1 aromatic heterocycles. The van der Waals surface area contributed by atoms with Gasteiger partial charge >= 0.3 is 0 Å². The molecular weight excluding hydrogens is 316 g/mol. The van der Waals surface area contributed by atoms with Crippen LogP contribution in [0.2, 0.25) is 0 Å². The number of nitrogens with two attached hydrogens (primary N) is 1. The predicted octanol–water partition coefficient (Wildman–Crippen LogP) is 5.89. The SMILES string of the molecule is Cc1ccc2c(CCCCN)c(-c3ccc4ccccc4c3)[nH]c2c1C. The summed E-state index contributed by atoms with van der Waals surface area (Å²) in [6.45, 7) is 5.15. The molecule has 0 fully saturated rings. The highest BCUT2D eigenvalue weighted by Crippen LogP contribution is 2.35. The summed E-state index contributed by atoms with van der Waals surface area (Å²) in [6.07, 6.45) is 3.24. The Kier molecular flexibility index (Phi) is 4.52. The van der Waals surface area contributed by atoms with E-state index in [1.807, 2.05) is 0 Å². The van der Waals surface area contributed by atoms with Crippen molar-refractivity contribution < 1.29 is 0 Å². The van der Waals surface area contributed by atoms with Gasteiger partial charge in [-0.3, -0.25) is 0 Å². The molecule has 0 atom stereocenters. The number of rotatable bonds is 5. The Morgan fingerprint density at radius 1 is 0.885 bits per heavy atom. The number of fused-ring (bicyclic) bond motifs is 2. The first-order valence-electron chi connectivity index (χ1n) is 9.49. The molecule has 1 heterocycles. The van der Waals surface area contributed by atoms with Gasteiger partial charge in [0.25, 0.3) is 0 Å². The van der Waals surface area contributed by atoms with Crippen molar-refractivity contribution in [2.45, 2.75) is 33.1 Å². The minimum atomic E-state index is 0.756. The number of hydrogen-bond donors (Lipinski definition) is 2. The topological polar surface area (TPSA) is 41.8 Å². The van der Waals surface area contributed by atoms with Crippen LogP contribution in [0.5, 0.6) is 0 Å². The fraction of sp³-hybridized carbons (Fsp3) is 0.250. The fourth-order valence-corrected chi connectivity index (χ4v) is 3.86. The minimum Gasteiger partial charge on any atom is -0.354 e. The standard InChI is InChI=1S/C24H26N2/c1-16-10-13-22-21(9-5-6-14-25)24(26-23(22)17(16)2)20-12-11-18-7-3-4-8-19(18)15-20/h3-4,7-8,10-13,15,26H,5-6,9,14,25H2,1-2H3. The second-order valence-electron chi connectivity index (χ2n) is 7.22. The summed E-state index contributed by atoms with van der Waals surface area (Å²) >= 11 is 0. The summed E-state index contributed by atoms with van der Waals surface area (Å²) < 4.78 is 0. The van der Waals surface area contributed by atoms with Gasteiger partial charge in [-0.15, -0.1) is 0 Å². The van der Waals surface area contributed by atoms with E-state index >= 15 is 0 Å². The van der Waals surface area contributed by atoms with Gasteiger partial charge in [-0.1, -0.05) is 48.5 Å². The minimum absolute atomic E-state index is 0.756. The van der Waals surface area contributed by atoms with Gasteiger partial charge in [-0.2, -0.15) is 0 Å². The maximum Gasteiger partial charge on any atom is 0.0497 e. The Labute approximate surface area is 155 Å². The van der Waals surface area contributed by atoms with E-state index in [1.54, 1.807) is 0 Å². The predicted molar refractivity (Wildman–Crippen MR) is 113 cm³/mol. The smallest absolute Gasteiger partial charge is 0.0497 e. The average molecular weight is 342 g/mol. The van der Waals surface area contributed by atoms with Crippen LogP contribution in [0.3, 0.4) is 0 Å². The van der Waals surface area contributed by atoms with Gasteiger partial charge in [0.2, 0.25) is 0 Å². The van der Waals surface area contributed by atoms with Crippen molar-refractivity contribution in [3.05, 3.63) is 71.3 Å². The zero-order chi connectivity index (χ0) is 18.1. The Morgan fingerprint density at radius 3 is 2.50 bits per heavy atom. The molecule has 0 saturated carbocycles. The first-order chi connectivity index (χ1) is 12.7. The van der Waals surface area contributed by atoms with E-state index < -0.39 is 0 Å². The summed E-state index contributed by atoms with van der Waals surface area (Å²) in [5, 5.41) is 3.92. The molecule has 132 valence electrons. The molecule has 0 unspecified atom stereocenters. The molecule has 0 spiro atoms. The molecule has 0 saturated heterocycles. The Hall–Kier alpha value is -2.58. The third-order valence-electron chi connectivity index (χ3n) is 5.53. The summed E-state index contributed by atoms with van der Waals surface area (Å²) in [7, 11) is 0. The lowest BCUT2D eigenvalue weighted by atomic mass is 9.97. The van der Waals surface area contributed by atoms with Gasteiger partial charge in [0.1, 0.15) is 0 Å². The van der Waals surface area contributed by atoms with Crippen molar-refractivity contribution in [2.75, 3.05) is 6.54 Å². The maximum absolute atomic E-state index is 5.73. The molecule has 0 bridgehead atoms. The van der Waals surface area contributed by atoms with Crippen LogP contribution in [0, 0.1) is 13.8 Å². The normalized spacial score (nSPS) is 11.5. The fourth-order valence-electron chi connectivity index (χ4n) is 3.86. The van der Waals surface area contributed by atoms with Crippen LogP contribution in [0.1, 0.15) is 29.5 Å². The largest absolute Gasteiger partial charge is 0.354 e. The molecule has 2 nitrogen and oxygen atoms in total. The van der Waals surface area contributed by atoms with Crippen LogP contribution in [-0.2, 0) is 6.42 Å². The molecule has 3 aromatic carbocycles. The molecule has 0 aliphatic rings. The maximum atomic E-state index is 5.73. The molecule has 0 amide bonds. The lowest BCUT2D eigenvalue weighted by Crippen LogP contribution is -1.99. The molecule has 0 radical (unpaired) electrons. The van der Waals surface area contributed by atoms with E-state index in [4.69, 9.17) is 5.73 Å². The van der Waals surface area contributed by atoms with Crippen LogP contribution in [-0.4, -0.2) is 11.5 Å². The number of aromatic amines is 1. The van der Waals surface area contributed by atoms with Crippen molar-refractivity contribution in [3.8, 4) is 11.3 Å². The highest BCUT2D eigenvalue weighted by atomic mass is 14.7. The summed E-state index contributed by atoms with van der Waals surface area (Å²) in [5.41, 5.74) is 13.6. The quantitative estimate of drug-likeness (QED) is 0.436. The number of H-pyrrole nitrogens is 1. The molecular formula is C24H26N2. The van der Waals surface area contributed by atoms with Gasteiger partial charge < -0.3 is 10.7 Å². The molecule has 0 aliphatic heterocycles. The van der Waals surface area contributed by atoms with Crippen molar-refractivity contribution >= 4 is 21.7 Å². The van der Waals surface area contributed by atoms with E-state index in [9.17, 15) is 0 Å². The highest BCUT2D eigenvalue weighted by Gasteiger charge is 2.15. The van der Waals surface area contributed by atoms with Crippen molar-refractivity contribution in [2.24, 2.45) is 5.73 Å². The zero-order valence-electron chi connectivity index (χ0n) is 15.6. The second-order valence-corrected chi connectivity index (χ2v) is 7.22. The number of benzene rings is 3. The molecule has 26 heavy (non-hydrogen) atoms. The van der Waals surface area contributed by atoms with Crippen LogP contribution >= 0.6 is 0 Å². The Bertz CT molecular complexity index is 1070. The molecule has 3 N–H and O–H groups in total. The monoisotopic (exact) mass is 342 g/mol. The number of nitrogens with one attached hydrogen (secondary N) is 1. The number of unbranched alkanes of at least 4 members (excludes halogenated alkanes) is 1. The van der Waals surface area contributed by atoms with Gasteiger partial charge in [0, 0.05) is 16.6 Å². The van der Waals surface area contributed by atoms with Crippen molar-refractivity contribution in [3.63, 3.8) is 0 Å². The van der Waals surface area contributed by atoms with Crippen LogP contribution in [0.4, 0.5) is 0 Å². The second kappa shape index (κ2) is 6.97. The van der Waals surface area contributed by atoms with Crippen LogP contribution in [0.15, 0.2) is 54.6 Å². The number of hydrogen-bond acceptors (Lipinski definition) is 1. The van der Waals surface area contributed by atoms with Crippen molar-refractivity contribution in [1.29, 1.82) is 0 Å². The molecule has 4 rings (SSSR count). The third kappa shape index (κ3) is 2.91. The molecule has 0 aliphatic carbocycles. The number of aryl methyl sites for hydroxylation is 3. The average Bonchev–Trinajstić information content (AvgIpc) is 3.04. The Morgan fingerprint density at radius 2 is 1.69 bits per heavy atom. The van der Waals surface area contributed by atoms with Gasteiger partial charge in [-0.05, 0) is 78.7 Å². The third-order valence-corrected chi connectivity index (χ3v) is 5.53. The van der Waals surface area contributed by atoms with Crippen LogP contribution < -0.4 is 5.73 Å². The lowest BCUT2D eigenvalue weighted by Gasteiger charge is -2.07. The van der Waals surface area contributed by atoms with E-state index in [1.165, 1.54) is 49.6 Å². The lowest BCUT2D eigenvalue weighted by molar-refractivity contribution is 0.748. The number of aromatic nitrogens is 1. The van der Waals surface area contributed by atoms with E-state index in [-0.39, 0.29) is 0 Å². The van der Waals surface area contributed by atoms with Crippen LogP contribution in [0.25, 0.3) is 32.9 Å². The van der Waals surface area contributed by atoms with E-state index in [0.717, 1.165) is 25.8 Å². The van der Waals surface area contributed by atoms with Gasteiger partial charge in [0.15, 0.2) is 0 Å². The summed E-state index contributed by atoms with van der Waals surface area (Å²) in [5.74, 6) is 0. The first kappa shape index (κ1) is 16.9. The Balaban J connectivity index is 1.91. The van der Waals surface area contributed by atoms with E-state index in [0.29, 0.717) is 0 Å². The van der Waals surface area contributed by atoms with E-state index in [2.05, 4.69) is 73.4 Å². The molecule has 2 heteroatoms. The van der Waals surface area contributed by atoms with Crippen molar-refractivity contribution in [1.82, 2.24) is 4.98 Å². The summed E-state index contributed by atoms with van der Waals surface area (Å²) in [4.78, 5) is 3.75. The van der Waals surface area contributed by atoms with Gasteiger partial charge in [0.05, 0.1) is 0 Å². The van der Waals surface area contributed by atoms with Gasteiger partial charge in [-0.25, -0.2) is 0 Å².